The molecule has 1 rings (SSSR count). The van der Waals surface area contributed by atoms with Crippen LogP contribution >= 0.6 is 0 Å². The van der Waals surface area contributed by atoms with E-state index in [-0.39, 0.29) is 5.56 Å². The molecule has 0 bridgehead atoms. The zero-order valence-corrected chi connectivity index (χ0v) is 11.9. The van der Waals surface area contributed by atoms with Gasteiger partial charge in [0.1, 0.15) is 0 Å². The molecule has 0 saturated carbocycles. The van der Waals surface area contributed by atoms with Crippen molar-refractivity contribution in [3.8, 4) is 11.5 Å². The van der Waals surface area contributed by atoms with Crippen molar-refractivity contribution in [1.29, 1.82) is 0 Å². The summed E-state index contributed by atoms with van der Waals surface area (Å²) in [6, 6.07) is 3.76. The number of methoxy groups -OCH3 is 2. The largest absolute Gasteiger partial charge is 0.493 e. The fourth-order valence-corrected chi connectivity index (χ4v) is 1.40. The molecular formula is C13H16N2O6. The number of nitrogens with one attached hydrogen (secondary N) is 2. The first-order chi connectivity index (χ1) is 10.0. The van der Waals surface area contributed by atoms with Crippen molar-refractivity contribution in [2.45, 2.75) is 0 Å². The molecule has 8 heteroatoms. The van der Waals surface area contributed by atoms with E-state index in [1.165, 1.54) is 33.4 Å². The Kier molecular flexibility index (Phi) is 5.99. The molecule has 0 fully saturated rings. The van der Waals surface area contributed by atoms with Gasteiger partial charge < -0.3 is 19.5 Å². The number of imide groups is 1. The summed E-state index contributed by atoms with van der Waals surface area (Å²) in [4.78, 5) is 33.9. The van der Waals surface area contributed by atoms with Gasteiger partial charge in [-0.3, -0.25) is 10.1 Å². The van der Waals surface area contributed by atoms with E-state index in [0.717, 1.165) is 0 Å². The number of ether oxygens (including phenoxy) is 3. The van der Waals surface area contributed by atoms with E-state index in [1.807, 2.05) is 5.32 Å². The third kappa shape index (κ3) is 4.68. The SMILES string of the molecule is CNC(=O)NC(=O)COC(=O)c1ccc(OC)c(OC)c1. The summed E-state index contributed by atoms with van der Waals surface area (Å²) in [5.41, 5.74) is 0.195. The zero-order valence-electron chi connectivity index (χ0n) is 11.9. The minimum atomic E-state index is -0.733. The first-order valence-corrected chi connectivity index (χ1v) is 5.92. The lowest BCUT2D eigenvalue weighted by atomic mass is 10.2. The molecule has 0 unspecified atom stereocenters. The highest BCUT2D eigenvalue weighted by Gasteiger charge is 2.14. The van der Waals surface area contributed by atoms with Gasteiger partial charge in [0.15, 0.2) is 18.1 Å². The summed E-state index contributed by atoms with van der Waals surface area (Å²) in [7, 11) is 4.26. The van der Waals surface area contributed by atoms with Gasteiger partial charge in [0.05, 0.1) is 19.8 Å². The van der Waals surface area contributed by atoms with E-state index in [0.29, 0.717) is 11.5 Å². The van der Waals surface area contributed by atoms with Gasteiger partial charge in [-0.25, -0.2) is 9.59 Å². The van der Waals surface area contributed by atoms with Crippen molar-refractivity contribution < 1.29 is 28.6 Å². The summed E-state index contributed by atoms with van der Waals surface area (Å²) in [5, 5.41) is 4.17. The van der Waals surface area contributed by atoms with E-state index in [4.69, 9.17) is 14.2 Å². The summed E-state index contributed by atoms with van der Waals surface area (Å²) in [5.74, 6) is -0.626. The Morgan fingerprint density at radius 2 is 1.76 bits per heavy atom. The van der Waals surface area contributed by atoms with Crippen LogP contribution in [-0.2, 0) is 9.53 Å². The molecule has 1 aromatic rings. The number of benzene rings is 1. The molecular weight excluding hydrogens is 280 g/mol. The third-order valence-corrected chi connectivity index (χ3v) is 2.43. The number of urea groups is 1. The van der Waals surface area contributed by atoms with Crippen LogP contribution in [0.2, 0.25) is 0 Å². The van der Waals surface area contributed by atoms with Crippen LogP contribution in [0.3, 0.4) is 0 Å². The van der Waals surface area contributed by atoms with Gasteiger partial charge in [-0.2, -0.15) is 0 Å². The Morgan fingerprint density at radius 1 is 1.10 bits per heavy atom. The third-order valence-electron chi connectivity index (χ3n) is 2.43. The van der Waals surface area contributed by atoms with Crippen LogP contribution in [0.1, 0.15) is 10.4 Å². The quantitative estimate of drug-likeness (QED) is 0.758. The van der Waals surface area contributed by atoms with Crippen molar-refractivity contribution in [2.24, 2.45) is 0 Å². The fraction of sp³-hybridized carbons (Fsp3) is 0.308. The highest BCUT2D eigenvalue weighted by atomic mass is 16.5. The van der Waals surface area contributed by atoms with Gasteiger partial charge in [0.2, 0.25) is 0 Å². The van der Waals surface area contributed by atoms with Crippen molar-refractivity contribution in [1.82, 2.24) is 10.6 Å². The summed E-state index contributed by atoms with van der Waals surface area (Å²) in [6.07, 6.45) is 0. The average Bonchev–Trinajstić information content (AvgIpc) is 2.51. The van der Waals surface area contributed by atoms with E-state index < -0.39 is 24.5 Å². The number of carbonyl (C=O) groups is 3. The van der Waals surface area contributed by atoms with Gasteiger partial charge in [0.25, 0.3) is 5.91 Å². The maximum Gasteiger partial charge on any atom is 0.338 e. The molecule has 0 aliphatic rings. The molecule has 0 spiro atoms. The number of carbonyl (C=O) groups excluding carboxylic acids is 3. The second-order valence-corrected chi connectivity index (χ2v) is 3.77. The molecule has 2 N–H and O–H groups in total. The van der Waals surface area contributed by atoms with Crippen molar-refractivity contribution >= 4 is 17.9 Å². The smallest absolute Gasteiger partial charge is 0.338 e. The first kappa shape index (κ1) is 16.3. The topological polar surface area (TPSA) is 103 Å². The molecule has 0 saturated heterocycles. The van der Waals surface area contributed by atoms with Crippen LogP contribution in [0.15, 0.2) is 18.2 Å². The van der Waals surface area contributed by atoms with Crippen LogP contribution in [-0.4, -0.2) is 45.8 Å². The molecule has 21 heavy (non-hydrogen) atoms. The number of rotatable bonds is 5. The highest BCUT2D eigenvalue weighted by molar-refractivity contribution is 5.97. The summed E-state index contributed by atoms with van der Waals surface area (Å²) < 4.78 is 14.9. The molecule has 0 aromatic heterocycles. The predicted molar refractivity (Wildman–Crippen MR) is 72.4 cm³/mol. The number of hydrogen-bond donors (Lipinski definition) is 2. The van der Waals surface area contributed by atoms with Crippen molar-refractivity contribution in [3.05, 3.63) is 23.8 Å². The molecule has 1 aromatic carbocycles. The van der Waals surface area contributed by atoms with Gasteiger partial charge >= 0.3 is 12.0 Å². The van der Waals surface area contributed by atoms with Crippen LogP contribution < -0.4 is 20.1 Å². The fourth-order valence-electron chi connectivity index (χ4n) is 1.40. The zero-order chi connectivity index (χ0) is 15.8. The summed E-state index contributed by atoms with van der Waals surface area (Å²) >= 11 is 0. The summed E-state index contributed by atoms with van der Waals surface area (Å²) in [6.45, 7) is -0.569. The second kappa shape index (κ2) is 7.73. The van der Waals surface area contributed by atoms with E-state index in [9.17, 15) is 14.4 Å². The first-order valence-electron chi connectivity index (χ1n) is 5.92. The number of hydrogen-bond acceptors (Lipinski definition) is 6. The Morgan fingerprint density at radius 3 is 2.33 bits per heavy atom. The van der Waals surface area contributed by atoms with Gasteiger partial charge in [-0.05, 0) is 18.2 Å². The Balaban J connectivity index is 2.64. The van der Waals surface area contributed by atoms with Crippen LogP contribution in [0, 0.1) is 0 Å². The maximum atomic E-state index is 11.8. The molecule has 3 amide bonds. The van der Waals surface area contributed by atoms with Crippen LogP contribution in [0.25, 0.3) is 0 Å². The van der Waals surface area contributed by atoms with Crippen LogP contribution in [0.4, 0.5) is 4.79 Å². The molecule has 0 aliphatic heterocycles. The van der Waals surface area contributed by atoms with Crippen molar-refractivity contribution in [2.75, 3.05) is 27.9 Å². The van der Waals surface area contributed by atoms with E-state index in [1.54, 1.807) is 6.07 Å². The average molecular weight is 296 g/mol. The predicted octanol–water partition coefficient (Wildman–Crippen LogP) is 0.316. The number of amides is 3. The number of esters is 1. The van der Waals surface area contributed by atoms with E-state index >= 15 is 0 Å². The highest BCUT2D eigenvalue weighted by Crippen LogP contribution is 2.27. The molecule has 114 valence electrons. The lowest BCUT2D eigenvalue weighted by Gasteiger charge is -2.09. The normalized spacial score (nSPS) is 9.48. The lowest BCUT2D eigenvalue weighted by Crippen LogP contribution is -2.39. The molecule has 0 radical (unpaired) electrons. The van der Waals surface area contributed by atoms with Gasteiger partial charge in [-0.1, -0.05) is 0 Å². The van der Waals surface area contributed by atoms with Crippen LogP contribution in [0.5, 0.6) is 11.5 Å². The van der Waals surface area contributed by atoms with Gasteiger partial charge in [0, 0.05) is 7.05 Å². The van der Waals surface area contributed by atoms with E-state index in [2.05, 4.69) is 5.32 Å². The Hall–Kier alpha value is -2.77. The van der Waals surface area contributed by atoms with Crippen molar-refractivity contribution in [3.63, 3.8) is 0 Å². The molecule has 0 atom stereocenters. The minimum absolute atomic E-state index is 0.195. The van der Waals surface area contributed by atoms with Gasteiger partial charge in [-0.15, -0.1) is 0 Å². The minimum Gasteiger partial charge on any atom is -0.493 e. The Labute approximate surface area is 121 Å². The monoisotopic (exact) mass is 296 g/mol. The Bertz CT molecular complexity index is 543. The molecule has 8 nitrogen and oxygen atoms in total. The maximum absolute atomic E-state index is 11.8. The standard InChI is InChI=1S/C13H16N2O6/c1-14-13(18)15-11(16)7-21-12(17)8-4-5-9(19-2)10(6-8)20-3/h4-6H,7H2,1-3H3,(H2,14,15,16,18). The molecule has 0 aliphatic carbocycles. The second-order valence-electron chi connectivity index (χ2n) is 3.77. The molecule has 0 heterocycles. The lowest BCUT2D eigenvalue weighted by molar-refractivity contribution is -0.123.